The fourth-order valence-electron chi connectivity index (χ4n) is 5.67. The van der Waals surface area contributed by atoms with E-state index in [1.54, 1.807) is 7.11 Å². The summed E-state index contributed by atoms with van der Waals surface area (Å²) < 4.78 is 5.46. The lowest BCUT2D eigenvalue weighted by Crippen LogP contribution is -2.59. The maximum Gasteiger partial charge on any atom is 0.255 e. The zero-order valence-corrected chi connectivity index (χ0v) is 13.5. The van der Waals surface area contributed by atoms with Crippen molar-refractivity contribution in [3.63, 3.8) is 0 Å². The van der Waals surface area contributed by atoms with Crippen molar-refractivity contribution in [2.24, 2.45) is 17.8 Å². The first-order chi connectivity index (χ1) is 10.6. The van der Waals surface area contributed by atoms with Crippen LogP contribution in [0.4, 0.5) is 0 Å². The number of amides is 1. The predicted molar refractivity (Wildman–Crippen MR) is 86.1 cm³/mol. The molecular weight excluding hydrogens is 274 g/mol. The molecule has 4 fully saturated rings. The van der Waals surface area contributed by atoms with Gasteiger partial charge in [0.2, 0.25) is 0 Å². The number of para-hydroxylation sites is 1. The molecule has 4 aliphatic rings. The fraction of sp³-hybridized carbons (Fsp3) is 0.632. The van der Waals surface area contributed by atoms with E-state index in [0.29, 0.717) is 11.3 Å². The lowest BCUT2D eigenvalue weighted by molar-refractivity contribution is -0.0167. The van der Waals surface area contributed by atoms with Crippen molar-refractivity contribution in [1.82, 2.24) is 5.32 Å². The van der Waals surface area contributed by atoms with E-state index in [2.05, 4.69) is 5.32 Å². The monoisotopic (exact) mass is 299 g/mol. The molecule has 0 aromatic heterocycles. The van der Waals surface area contributed by atoms with Gasteiger partial charge in [0.05, 0.1) is 12.7 Å². The van der Waals surface area contributed by atoms with Gasteiger partial charge in [-0.3, -0.25) is 4.79 Å². The number of hydrogen-bond donors (Lipinski definition) is 1. The van der Waals surface area contributed by atoms with Crippen molar-refractivity contribution in [2.45, 2.75) is 51.0 Å². The SMILES string of the molecule is COc1c(C)cccc1C(=O)NC12CC3CC(CC(C3)C1)C2. The molecule has 4 bridgehead atoms. The van der Waals surface area contributed by atoms with Crippen LogP contribution in [0.3, 0.4) is 0 Å². The van der Waals surface area contributed by atoms with Crippen LogP contribution < -0.4 is 10.1 Å². The standard InChI is InChI=1S/C19H25NO2/c1-12-4-3-5-16(17(12)22-2)18(21)20-19-9-13-6-14(10-19)8-15(7-13)11-19/h3-5,13-15H,6-11H2,1-2H3,(H,20,21). The lowest BCUT2D eigenvalue weighted by Gasteiger charge is -2.56. The number of carbonyl (C=O) groups excluding carboxylic acids is 1. The summed E-state index contributed by atoms with van der Waals surface area (Å²) in [7, 11) is 1.64. The summed E-state index contributed by atoms with van der Waals surface area (Å²) in [6.45, 7) is 1.99. The second kappa shape index (κ2) is 5.00. The molecule has 4 saturated carbocycles. The molecule has 118 valence electrons. The van der Waals surface area contributed by atoms with E-state index in [1.807, 2.05) is 25.1 Å². The van der Waals surface area contributed by atoms with Crippen LogP contribution in [0.15, 0.2) is 18.2 Å². The molecule has 0 unspecified atom stereocenters. The van der Waals surface area contributed by atoms with Gasteiger partial charge in [-0.2, -0.15) is 0 Å². The Hall–Kier alpha value is -1.51. The Bertz CT molecular complexity index is 572. The zero-order chi connectivity index (χ0) is 15.3. The van der Waals surface area contributed by atoms with Crippen LogP contribution in [0.5, 0.6) is 5.75 Å². The summed E-state index contributed by atoms with van der Waals surface area (Å²) in [5, 5.41) is 3.42. The van der Waals surface area contributed by atoms with E-state index >= 15 is 0 Å². The first-order valence-corrected chi connectivity index (χ1v) is 8.55. The molecule has 0 radical (unpaired) electrons. The minimum atomic E-state index is 0.0440. The topological polar surface area (TPSA) is 38.3 Å². The molecule has 0 atom stereocenters. The number of methoxy groups -OCH3 is 1. The Kier molecular flexibility index (Phi) is 3.21. The third kappa shape index (κ3) is 2.22. The molecule has 1 N–H and O–H groups in total. The summed E-state index contributed by atoms with van der Waals surface area (Å²) in [6, 6.07) is 5.80. The average molecular weight is 299 g/mol. The average Bonchev–Trinajstić information content (AvgIpc) is 2.44. The van der Waals surface area contributed by atoms with Crippen molar-refractivity contribution in [1.29, 1.82) is 0 Å². The van der Waals surface area contributed by atoms with Crippen LogP contribution in [0, 0.1) is 24.7 Å². The van der Waals surface area contributed by atoms with Gasteiger partial charge in [-0.15, -0.1) is 0 Å². The summed E-state index contributed by atoms with van der Waals surface area (Å²) in [6.07, 6.45) is 7.71. The van der Waals surface area contributed by atoms with Gasteiger partial charge in [-0.1, -0.05) is 12.1 Å². The number of hydrogen-bond acceptors (Lipinski definition) is 2. The van der Waals surface area contributed by atoms with Crippen LogP contribution >= 0.6 is 0 Å². The molecule has 0 spiro atoms. The number of benzene rings is 1. The van der Waals surface area contributed by atoms with E-state index < -0.39 is 0 Å². The Balaban J connectivity index is 1.59. The summed E-state index contributed by atoms with van der Waals surface area (Å²) in [5.41, 5.74) is 1.75. The summed E-state index contributed by atoms with van der Waals surface area (Å²) >= 11 is 0. The van der Waals surface area contributed by atoms with E-state index in [9.17, 15) is 4.79 Å². The number of ether oxygens (including phenoxy) is 1. The molecule has 1 aromatic carbocycles. The highest BCUT2D eigenvalue weighted by molar-refractivity contribution is 5.97. The Labute approximate surface area is 132 Å². The highest BCUT2D eigenvalue weighted by atomic mass is 16.5. The predicted octanol–water partition coefficient (Wildman–Crippen LogP) is 3.70. The van der Waals surface area contributed by atoms with Gasteiger partial charge in [0.15, 0.2) is 0 Å². The van der Waals surface area contributed by atoms with Crippen molar-refractivity contribution in [3.05, 3.63) is 29.3 Å². The molecule has 0 saturated heterocycles. The first kappa shape index (κ1) is 14.1. The van der Waals surface area contributed by atoms with Gasteiger partial charge in [-0.05, 0) is 74.8 Å². The minimum Gasteiger partial charge on any atom is -0.496 e. The third-order valence-corrected chi connectivity index (χ3v) is 6.08. The van der Waals surface area contributed by atoms with Crippen LogP contribution in [0.2, 0.25) is 0 Å². The molecular formula is C19H25NO2. The van der Waals surface area contributed by atoms with E-state index in [0.717, 1.165) is 23.3 Å². The molecule has 1 aromatic rings. The van der Waals surface area contributed by atoms with Crippen LogP contribution in [0.1, 0.15) is 54.4 Å². The lowest BCUT2D eigenvalue weighted by atomic mass is 9.53. The molecule has 22 heavy (non-hydrogen) atoms. The molecule has 5 rings (SSSR count). The number of nitrogens with one attached hydrogen (secondary N) is 1. The molecule has 1 amide bonds. The van der Waals surface area contributed by atoms with E-state index in [1.165, 1.54) is 38.5 Å². The van der Waals surface area contributed by atoms with Crippen LogP contribution in [-0.2, 0) is 0 Å². The molecule has 0 heterocycles. The van der Waals surface area contributed by atoms with Gasteiger partial charge < -0.3 is 10.1 Å². The summed E-state index contributed by atoms with van der Waals surface area (Å²) in [4.78, 5) is 12.9. The van der Waals surface area contributed by atoms with Crippen molar-refractivity contribution in [3.8, 4) is 5.75 Å². The normalized spacial score (nSPS) is 35.5. The highest BCUT2D eigenvalue weighted by Crippen LogP contribution is 2.55. The first-order valence-electron chi connectivity index (χ1n) is 8.55. The Morgan fingerprint density at radius 2 is 1.73 bits per heavy atom. The van der Waals surface area contributed by atoms with Gasteiger partial charge in [0.1, 0.15) is 5.75 Å². The minimum absolute atomic E-state index is 0.0440. The van der Waals surface area contributed by atoms with Crippen LogP contribution in [0.25, 0.3) is 0 Å². The number of carbonyl (C=O) groups is 1. The van der Waals surface area contributed by atoms with Crippen LogP contribution in [-0.4, -0.2) is 18.6 Å². The van der Waals surface area contributed by atoms with Crippen molar-refractivity contribution >= 4 is 5.91 Å². The van der Waals surface area contributed by atoms with E-state index in [4.69, 9.17) is 4.74 Å². The van der Waals surface area contributed by atoms with Gasteiger partial charge in [0, 0.05) is 5.54 Å². The Morgan fingerprint density at radius 1 is 1.14 bits per heavy atom. The second-order valence-corrected chi connectivity index (χ2v) is 7.81. The van der Waals surface area contributed by atoms with Crippen molar-refractivity contribution < 1.29 is 9.53 Å². The smallest absolute Gasteiger partial charge is 0.255 e. The quantitative estimate of drug-likeness (QED) is 0.924. The molecule has 3 heteroatoms. The maximum absolute atomic E-state index is 12.9. The summed E-state index contributed by atoms with van der Waals surface area (Å²) in [5.74, 6) is 3.27. The zero-order valence-electron chi connectivity index (χ0n) is 13.5. The van der Waals surface area contributed by atoms with Gasteiger partial charge in [0.25, 0.3) is 5.91 Å². The maximum atomic E-state index is 12.9. The molecule has 0 aliphatic heterocycles. The van der Waals surface area contributed by atoms with Gasteiger partial charge in [-0.25, -0.2) is 0 Å². The fourth-order valence-corrected chi connectivity index (χ4v) is 5.67. The van der Waals surface area contributed by atoms with Gasteiger partial charge >= 0.3 is 0 Å². The number of aryl methyl sites for hydroxylation is 1. The number of rotatable bonds is 3. The van der Waals surface area contributed by atoms with E-state index in [-0.39, 0.29) is 11.4 Å². The highest BCUT2D eigenvalue weighted by Gasteiger charge is 2.51. The largest absolute Gasteiger partial charge is 0.496 e. The van der Waals surface area contributed by atoms with Crippen molar-refractivity contribution in [2.75, 3.05) is 7.11 Å². The molecule has 4 aliphatic carbocycles. The molecule has 3 nitrogen and oxygen atoms in total. The second-order valence-electron chi connectivity index (χ2n) is 7.81. The Morgan fingerprint density at radius 3 is 2.27 bits per heavy atom. The third-order valence-electron chi connectivity index (χ3n) is 6.08.